The molecule has 0 amide bonds. The lowest BCUT2D eigenvalue weighted by molar-refractivity contribution is 1.01. The summed E-state index contributed by atoms with van der Waals surface area (Å²) in [5.41, 5.74) is 21.1. The van der Waals surface area contributed by atoms with Crippen LogP contribution in [0.25, 0.3) is 11.1 Å². The Bertz CT molecular complexity index is 859. The van der Waals surface area contributed by atoms with Crippen molar-refractivity contribution >= 4 is 17.1 Å². The van der Waals surface area contributed by atoms with Crippen molar-refractivity contribution in [2.45, 2.75) is 5.92 Å². The van der Waals surface area contributed by atoms with E-state index in [4.69, 9.17) is 11.5 Å². The van der Waals surface area contributed by atoms with Gasteiger partial charge in [-0.1, -0.05) is 24.3 Å². The molecule has 1 aliphatic carbocycles. The summed E-state index contributed by atoms with van der Waals surface area (Å²) < 4.78 is 0. The minimum atomic E-state index is 0.229. The highest BCUT2D eigenvalue weighted by molar-refractivity contribution is 5.84. The van der Waals surface area contributed by atoms with Gasteiger partial charge in [-0.3, -0.25) is 0 Å². The lowest BCUT2D eigenvalue weighted by Crippen LogP contribution is -2.08. The Hall–Kier alpha value is -2.94. The van der Waals surface area contributed by atoms with Crippen LogP contribution in [0.3, 0.4) is 0 Å². The van der Waals surface area contributed by atoms with Gasteiger partial charge in [0.25, 0.3) is 0 Å². The number of fused-ring (bicyclic) bond motifs is 3. The van der Waals surface area contributed by atoms with Gasteiger partial charge >= 0.3 is 0 Å². The van der Waals surface area contributed by atoms with Crippen molar-refractivity contribution in [2.24, 2.45) is 0 Å². The van der Waals surface area contributed by atoms with Crippen molar-refractivity contribution < 1.29 is 0 Å². The maximum atomic E-state index is 6.03. The van der Waals surface area contributed by atoms with Crippen molar-refractivity contribution in [3.05, 3.63) is 77.4 Å². The summed E-state index contributed by atoms with van der Waals surface area (Å²) in [4.78, 5) is 2.11. The Labute approximate surface area is 142 Å². The second kappa shape index (κ2) is 5.31. The van der Waals surface area contributed by atoms with E-state index in [-0.39, 0.29) is 5.92 Å². The number of nitrogens with zero attached hydrogens (tertiary/aromatic N) is 1. The molecule has 0 unspecified atom stereocenters. The SMILES string of the molecule is CN(C)c1ccc(C2c3ccc(N)cc3-c3cc(N)ccc32)cc1. The summed E-state index contributed by atoms with van der Waals surface area (Å²) in [6.45, 7) is 0. The smallest absolute Gasteiger partial charge is 0.0361 e. The van der Waals surface area contributed by atoms with Crippen molar-refractivity contribution in [3.8, 4) is 11.1 Å². The Kier molecular flexibility index (Phi) is 3.24. The molecule has 24 heavy (non-hydrogen) atoms. The third-order valence-electron chi connectivity index (χ3n) is 4.81. The maximum absolute atomic E-state index is 6.03. The average molecular weight is 315 g/mol. The normalized spacial score (nSPS) is 12.8. The van der Waals surface area contributed by atoms with Gasteiger partial charge in [0, 0.05) is 37.1 Å². The second-order valence-electron chi connectivity index (χ2n) is 6.61. The van der Waals surface area contributed by atoms with Crippen LogP contribution in [0.5, 0.6) is 0 Å². The lowest BCUT2D eigenvalue weighted by atomic mass is 9.89. The van der Waals surface area contributed by atoms with E-state index >= 15 is 0 Å². The quantitative estimate of drug-likeness (QED) is 0.548. The summed E-state index contributed by atoms with van der Waals surface area (Å²) >= 11 is 0. The van der Waals surface area contributed by atoms with Crippen LogP contribution in [-0.4, -0.2) is 14.1 Å². The molecule has 0 fully saturated rings. The molecule has 0 aromatic heterocycles. The highest BCUT2D eigenvalue weighted by Crippen LogP contribution is 2.49. The molecular weight excluding hydrogens is 294 g/mol. The van der Waals surface area contributed by atoms with E-state index in [1.807, 2.05) is 12.1 Å². The minimum absolute atomic E-state index is 0.229. The zero-order valence-corrected chi connectivity index (χ0v) is 14.0. The maximum Gasteiger partial charge on any atom is 0.0361 e. The molecule has 0 radical (unpaired) electrons. The first-order valence-electron chi connectivity index (χ1n) is 8.11. The molecular formula is C21H21N3. The predicted molar refractivity (Wildman–Crippen MR) is 102 cm³/mol. The van der Waals surface area contributed by atoms with Gasteiger partial charge in [-0.25, -0.2) is 0 Å². The topological polar surface area (TPSA) is 55.3 Å². The van der Waals surface area contributed by atoms with Crippen LogP contribution < -0.4 is 16.4 Å². The van der Waals surface area contributed by atoms with Gasteiger partial charge in [-0.2, -0.15) is 0 Å². The number of rotatable bonds is 2. The Morgan fingerprint density at radius 2 is 1.21 bits per heavy atom. The average Bonchev–Trinajstić information content (AvgIpc) is 2.88. The van der Waals surface area contributed by atoms with E-state index in [1.165, 1.54) is 33.5 Å². The first kappa shape index (κ1) is 14.6. The molecule has 0 atom stereocenters. The summed E-state index contributed by atoms with van der Waals surface area (Å²) in [6.07, 6.45) is 0. The fraction of sp³-hybridized carbons (Fsp3) is 0.143. The van der Waals surface area contributed by atoms with Gasteiger partial charge in [0.1, 0.15) is 0 Å². The molecule has 0 saturated carbocycles. The molecule has 3 nitrogen and oxygen atoms in total. The number of hydrogen-bond acceptors (Lipinski definition) is 3. The molecule has 4 N–H and O–H groups in total. The number of nitrogens with two attached hydrogens (primary N) is 2. The van der Waals surface area contributed by atoms with Crippen molar-refractivity contribution in [1.82, 2.24) is 0 Å². The first-order valence-corrected chi connectivity index (χ1v) is 8.11. The molecule has 3 aromatic rings. The van der Waals surface area contributed by atoms with Crippen LogP contribution >= 0.6 is 0 Å². The van der Waals surface area contributed by atoms with Crippen LogP contribution in [-0.2, 0) is 0 Å². The third-order valence-corrected chi connectivity index (χ3v) is 4.81. The van der Waals surface area contributed by atoms with Crippen molar-refractivity contribution in [1.29, 1.82) is 0 Å². The monoisotopic (exact) mass is 315 g/mol. The van der Waals surface area contributed by atoms with E-state index in [9.17, 15) is 0 Å². The summed E-state index contributed by atoms with van der Waals surface area (Å²) in [5, 5.41) is 0. The Morgan fingerprint density at radius 1 is 0.708 bits per heavy atom. The highest BCUT2D eigenvalue weighted by atomic mass is 15.1. The first-order chi connectivity index (χ1) is 11.5. The van der Waals surface area contributed by atoms with Crippen LogP contribution in [0.15, 0.2) is 60.7 Å². The summed E-state index contributed by atoms with van der Waals surface area (Å²) in [7, 11) is 4.11. The molecule has 3 aromatic carbocycles. The van der Waals surface area contributed by atoms with E-state index in [2.05, 4.69) is 67.5 Å². The number of hydrogen-bond donors (Lipinski definition) is 2. The molecule has 0 spiro atoms. The fourth-order valence-corrected chi connectivity index (χ4v) is 3.61. The molecule has 3 heteroatoms. The number of nitrogen functional groups attached to an aromatic ring is 2. The Balaban J connectivity index is 1.90. The van der Waals surface area contributed by atoms with E-state index in [1.54, 1.807) is 0 Å². The Morgan fingerprint density at radius 3 is 1.67 bits per heavy atom. The molecule has 120 valence electrons. The number of benzene rings is 3. The van der Waals surface area contributed by atoms with Gasteiger partial charge in [0.05, 0.1) is 0 Å². The van der Waals surface area contributed by atoms with Gasteiger partial charge in [-0.15, -0.1) is 0 Å². The van der Waals surface area contributed by atoms with Crippen LogP contribution in [0, 0.1) is 0 Å². The van der Waals surface area contributed by atoms with Crippen LogP contribution in [0.2, 0.25) is 0 Å². The van der Waals surface area contributed by atoms with Crippen molar-refractivity contribution in [2.75, 3.05) is 30.5 Å². The highest BCUT2D eigenvalue weighted by Gasteiger charge is 2.30. The number of anilines is 3. The van der Waals surface area contributed by atoms with E-state index in [0.717, 1.165) is 11.4 Å². The van der Waals surface area contributed by atoms with Gasteiger partial charge in [0.15, 0.2) is 0 Å². The summed E-state index contributed by atoms with van der Waals surface area (Å²) in [6, 6.07) is 21.1. The molecule has 4 rings (SSSR count). The van der Waals surface area contributed by atoms with Crippen LogP contribution in [0.1, 0.15) is 22.6 Å². The third kappa shape index (κ3) is 2.21. The van der Waals surface area contributed by atoms with Crippen LogP contribution in [0.4, 0.5) is 17.1 Å². The predicted octanol–water partition coefficient (Wildman–Crippen LogP) is 4.08. The fourth-order valence-electron chi connectivity index (χ4n) is 3.61. The zero-order valence-electron chi connectivity index (χ0n) is 14.0. The molecule has 1 aliphatic rings. The zero-order chi connectivity index (χ0) is 16.8. The largest absolute Gasteiger partial charge is 0.399 e. The molecule has 0 heterocycles. The van der Waals surface area contributed by atoms with Gasteiger partial charge < -0.3 is 16.4 Å². The van der Waals surface area contributed by atoms with E-state index < -0.39 is 0 Å². The van der Waals surface area contributed by atoms with Gasteiger partial charge in [-0.05, 0) is 64.2 Å². The van der Waals surface area contributed by atoms with E-state index in [0.29, 0.717) is 0 Å². The summed E-state index contributed by atoms with van der Waals surface area (Å²) in [5.74, 6) is 0.229. The molecule has 0 saturated heterocycles. The minimum Gasteiger partial charge on any atom is -0.399 e. The molecule has 0 bridgehead atoms. The van der Waals surface area contributed by atoms with Crippen molar-refractivity contribution in [3.63, 3.8) is 0 Å². The second-order valence-corrected chi connectivity index (χ2v) is 6.61. The van der Waals surface area contributed by atoms with Gasteiger partial charge in [0.2, 0.25) is 0 Å². The molecule has 0 aliphatic heterocycles. The lowest BCUT2D eigenvalue weighted by Gasteiger charge is -2.17. The standard InChI is InChI=1S/C21H21N3/c1-24(2)16-7-3-13(4-8-16)21-17-9-5-14(22)11-19(17)20-12-15(23)6-10-18(20)21/h3-12,21H,22-23H2,1-2H3.